The first kappa shape index (κ1) is 5.93. The Morgan fingerprint density at radius 3 is 3.10 bits per heavy atom. The van der Waals surface area contributed by atoms with Crippen LogP contribution >= 0.6 is 11.3 Å². The molecule has 0 amide bonds. The minimum Gasteiger partial charge on any atom is -0.144 e. The summed E-state index contributed by atoms with van der Waals surface area (Å²) in [6, 6.07) is 2.16. The maximum absolute atomic E-state index is 2.19. The quantitative estimate of drug-likeness (QED) is 0.530. The van der Waals surface area contributed by atoms with Gasteiger partial charge in [0, 0.05) is 4.88 Å². The second-order valence-electron chi connectivity index (χ2n) is 2.28. The lowest BCUT2D eigenvalue weighted by atomic mass is 10.2. The van der Waals surface area contributed by atoms with Crippen LogP contribution in [0.3, 0.4) is 0 Å². The van der Waals surface area contributed by atoms with Gasteiger partial charge in [0.25, 0.3) is 0 Å². The fourth-order valence-electron chi connectivity index (χ4n) is 1.05. The molecule has 50 valence electrons. The maximum atomic E-state index is 2.19. The fourth-order valence-corrected chi connectivity index (χ4v) is 1.86. The normalized spacial score (nSPS) is 14.8. The zero-order chi connectivity index (χ0) is 6.81. The van der Waals surface area contributed by atoms with E-state index < -0.39 is 0 Å². The molecular formula is C9H8S. The molecule has 10 heavy (non-hydrogen) atoms. The number of thiophene rings is 1. The number of allylic oxidation sites excluding steroid dienone is 2. The maximum Gasteiger partial charge on any atom is 0.0339 e. The summed E-state index contributed by atoms with van der Waals surface area (Å²) in [6.07, 6.45) is 9.83. The highest BCUT2D eigenvalue weighted by atomic mass is 32.1. The van der Waals surface area contributed by atoms with Gasteiger partial charge in [0.05, 0.1) is 0 Å². The molecule has 0 spiro atoms. The number of fused-ring (bicyclic) bond motifs is 1. The third kappa shape index (κ3) is 0.929. The SMILES string of the molecule is C1=Cc2ccsc2C=CC1. The van der Waals surface area contributed by atoms with E-state index in [1.807, 2.05) is 0 Å². The second kappa shape index (κ2) is 2.43. The minimum atomic E-state index is 1.07. The summed E-state index contributed by atoms with van der Waals surface area (Å²) in [5, 5.41) is 2.13. The highest BCUT2D eigenvalue weighted by molar-refractivity contribution is 7.11. The zero-order valence-electron chi connectivity index (χ0n) is 5.58. The lowest BCUT2D eigenvalue weighted by Crippen LogP contribution is -1.64. The van der Waals surface area contributed by atoms with Crippen molar-refractivity contribution >= 4 is 23.5 Å². The Morgan fingerprint density at radius 1 is 1.20 bits per heavy atom. The predicted molar refractivity (Wildman–Crippen MR) is 47.0 cm³/mol. The van der Waals surface area contributed by atoms with Crippen LogP contribution in [0, 0.1) is 0 Å². The molecule has 0 saturated heterocycles. The molecular weight excluding hydrogens is 140 g/mol. The van der Waals surface area contributed by atoms with Crippen LogP contribution in [0.4, 0.5) is 0 Å². The number of hydrogen-bond acceptors (Lipinski definition) is 1. The van der Waals surface area contributed by atoms with Gasteiger partial charge in [-0.2, -0.15) is 0 Å². The topological polar surface area (TPSA) is 0 Å². The molecule has 0 bridgehead atoms. The molecule has 0 aliphatic heterocycles. The molecule has 0 aromatic carbocycles. The molecule has 0 fully saturated rings. The Labute approximate surface area is 64.5 Å². The van der Waals surface area contributed by atoms with Crippen molar-refractivity contribution in [2.75, 3.05) is 0 Å². The van der Waals surface area contributed by atoms with Crippen LogP contribution < -0.4 is 0 Å². The molecule has 0 radical (unpaired) electrons. The van der Waals surface area contributed by atoms with E-state index in [-0.39, 0.29) is 0 Å². The molecule has 2 rings (SSSR count). The average molecular weight is 148 g/mol. The van der Waals surface area contributed by atoms with Crippen LogP contribution in [-0.2, 0) is 0 Å². The first-order chi connectivity index (χ1) is 4.97. The van der Waals surface area contributed by atoms with Crippen molar-refractivity contribution in [2.45, 2.75) is 6.42 Å². The molecule has 1 aromatic rings. The molecule has 1 aliphatic carbocycles. The highest BCUT2D eigenvalue weighted by Crippen LogP contribution is 2.22. The van der Waals surface area contributed by atoms with Crippen molar-refractivity contribution < 1.29 is 0 Å². The van der Waals surface area contributed by atoms with Gasteiger partial charge in [0.15, 0.2) is 0 Å². The summed E-state index contributed by atoms with van der Waals surface area (Å²) in [7, 11) is 0. The van der Waals surface area contributed by atoms with Crippen molar-refractivity contribution in [3.8, 4) is 0 Å². The smallest absolute Gasteiger partial charge is 0.0339 e. The predicted octanol–water partition coefficient (Wildman–Crippen LogP) is 3.18. The standard InChI is InChI=1S/C9H8S/c1-2-4-8-6-7-10-9(8)5-3-1/h2-7H,1H2. The summed E-state index contributed by atoms with van der Waals surface area (Å²) in [5.41, 5.74) is 1.36. The van der Waals surface area contributed by atoms with Gasteiger partial charge in [-0.05, 0) is 29.5 Å². The van der Waals surface area contributed by atoms with Crippen LogP contribution in [-0.4, -0.2) is 0 Å². The van der Waals surface area contributed by atoms with E-state index in [2.05, 4.69) is 35.8 Å². The van der Waals surface area contributed by atoms with Gasteiger partial charge in [0.2, 0.25) is 0 Å². The van der Waals surface area contributed by atoms with E-state index in [0.717, 1.165) is 6.42 Å². The van der Waals surface area contributed by atoms with Gasteiger partial charge in [-0.25, -0.2) is 0 Å². The molecule has 1 heteroatoms. The Hall–Kier alpha value is -0.820. The molecule has 1 heterocycles. The van der Waals surface area contributed by atoms with Crippen LogP contribution in [0.5, 0.6) is 0 Å². The van der Waals surface area contributed by atoms with E-state index in [0.29, 0.717) is 0 Å². The second-order valence-corrected chi connectivity index (χ2v) is 3.23. The van der Waals surface area contributed by atoms with Crippen molar-refractivity contribution in [3.05, 3.63) is 34.0 Å². The first-order valence-electron chi connectivity index (χ1n) is 3.37. The minimum absolute atomic E-state index is 1.07. The van der Waals surface area contributed by atoms with E-state index in [1.54, 1.807) is 11.3 Å². The summed E-state index contributed by atoms with van der Waals surface area (Å²) in [6.45, 7) is 0. The van der Waals surface area contributed by atoms with Gasteiger partial charge in [-0.1, -0.05) is 18.2 Å². The Kier molecular flexibility index (Phi) is 1.44. The summed E-state index contributed by atoms with van der Waals surface area (Å²) in [4.78, 5) is 1.38. The van der Waals surface area contributed by atoms with Gasteiger partial charge >= 0.3 is 0 Å². The molecule has 0 atom stereocenters. The largest absolute Gasteiger partial charge is 0.144 e. The summed E-state index contributed by atoms with van der Waals surface area (Å²) >= 11 is 1.80. The van der Waals surface area contributed by atoms with Crippen molar-refractivity contribution in [3.63, 3.8) is 0 Å². The average Bonchev–Trinajstić information content (AvgIpc) is 2.28. The fraction of sp³-hybridized carbons (Fsp3) is 0.111. The van der Waals surface area contributed by atoms with Gasteiger partial charge in [0.1, 0.15) is 0 Å². The van der Waals surface area contributed by atoms with Crippen LogP contribution in [0.15, 0.2) is 23.6 Å². The van der Waals surface area contributed by atoms with E-state index >= 15 is 0 Å². The van der Waals surface area contributed by atoms with Crippen LogP contribution in [0.2, 0.25) is 0 Å². The third-order valence-electron chi connectivity index (χ3n) is 1.57. The Morgan fingerprint density at radius 2 is 2.10 bits per heavy atom. The van der Waals surface area contributed by atoms with Gasteiger partial charge < -0.3 is 0 Å². The van der Waals surface area contributed by atoms with Crippen LogP contribution in [0.1, 0.15) is 16.9 Å². The molecule has 0 unspecified atom stereocenters. The number of rotatable bonds is 0. The van der Waals surface area contributed by atoms with Crippen molar-refractivity contribution in [1.29, 1.82) is 0 Å². The van der Waals surface area contributed by atoms with E-state index in [4.69, 9.17) is 0 Å². The van der Waals surface area contributed by atoms with Crippen LogP contribution in [0.25, 0.3) is 12.2 Å². The van der Waals surface area contributed by atoms with Gasteiger partial charge in [-0.15, -0.1) is 11.3 Å². The molecule has 0 saturated carbocycles. The van der Waals surface area contributed by atoms with E-state index in [1.165, 1.54) is 10.4 Å². The summed E-state index contributed by atoms with van der Waals surface area (Å²) < 4.78 is 0. The Bertz CT molecular complexity index is 252. The third-order valence-corrected chi connectivity index (χ3v) is 2.46. The number of hydrogen-bond donors (Lipinski definition) is 0. The molecule has 0 N–H and O–H groups in total. The lowest BCUT2D eigenvalue weighted by molar-refractivity contribution is 1.44. The molecule has 1 aliphatic rings. The monoisotopic (exact) mass is 148 g/mol. The first-order valence-corrected chi connectivity index (χ1v) is 4.25. The lowest BCUT2D eigenvalue weighted by Gasteiger charge is -1.85. The van der Waals surface area contributed by atoms with E-state index in [9.17, 15) is 0 Å². The molecule has 0 nitrogen and oxygen atoms in total. The Balaban J connectivity index is 2.56. The summed E-state index contributed by atoms with van der Waals surface area (Å²) in [5.74, 6) is 0. The molecule has 1 aromatic heterocycles. The van der Waals surface area contributed by atoms with Crippen molar-refractivity contribution in [1.82, 2.24) is 0 Å². The zero-order valence-corrected chi connectivity index (χ0v) is 6.40. The van der Waals surface area contributed by atoms with Crippen molar-refractivity contribution in [2.24, 2.45) is 0 Å². The van der Waals surface area contributed by atoms with Gasteiger partial charge in [-0.3, -0.25) is 0 Å². The highest BCUT2D eigenvalue weighted by Gasteiger charge is 1.97.